The third-order valence-electron chi connectivity index (χ3n) is 4.77. The zero-order chi connectivity index (χ0) is 15.0. The SMILES string of the molecule is O=C(c1ccncc1)N1CC2(CCN(Cc3ccsc3)C2)C1. The van der Waals surface area contributed by atoms with Gasteiger partial charge < -0.3 is 4.90 Å². The normalized spacial score (nSPS) is 20.3. The maximum Gasteiger partial charge on any atom is 0.254 e. The molecule has 1 amide bonds. The summed E-state index contributed by atoms with van der Waals surface area (Å²) in [4.78, 5) is 20.9. The second-order valence-corrected chi connectivity index (χ2v) is 7.27. The predicted molar refractivity (Wildman–Crippen MR) is 86.8 cm³/mol. The van der Waals surface area contributed by atoms with E-state index in [1.54, 1.807) is 35.9 Å². The fourth-order valence-electron chi connectivity index (χ4n) is 3.65. The van der Waals surface area contributed by atoms with Crippen LogP contribution in [0.4, 0.5) is 0 Å². The Labute approximate surface area is 134 Å². The van der Waals surface area contributed by atoms with E-state index in [-0.39, 0.29) is 5.91 Å². The molecule has 2 aromatic rings. The van der Waals surface area contributed by atoms with Crippen LogP contribution in [0.15, 0.2) is 41.4 Å². The number of hydrogen-bond acceptors (Lipinski definition) is 4. The highest BCUT2D eigenvalue weighted by Gasteiger charge is 2.49. The molecule has 2 fully saturated rings. The van der Waals surface area contributed by atoms with E-state index in [1.807, 2.05) is 4.90 Å². The van der Waals surface area contributed by atoms with Gasteiger partial charge in [0.15, 0.2) is 0 Å². The van der Waals surface area contributed by atoms with Crippen LogP contribution in [0.3, 0.4) is 0 Å². The monoisotopic (exact) mass is 313 g/mol. The van der Waals surface area contributed by atoms with Crippen LogP contribution in [-0.4, -0.2) is 46.9 Å². The van der Waals surface area contributed by atoms with Crippen molar-refractivity contribution in [3.8, 4) is 0 Å². The molecule has 2 aromatic heterocycles. The van der Waals surface area contributed by atoms with Gasteiger partial charge in [-0.15, -0.1) is 0 Å². The van der Waals surface area contributed by atoms with Gasteiger partial charge in [0.05, 0.1) is 0 Å². The lowest BCUT2D eigenvalue weighted by Gasteiger charge is -2.48. The largest absolute Gasteiger partial charge is 0.337 e. The van der Waals surface area contributed by atoms with E-state index in [2.05, 4.69) is 26.7 Å². The first-order chi connectivity index (χ1) is 10.7. The summed E-state index contributed by atoms with van der Waals surface area (Å²) in [6.07, 6.45) is 4.57. The van der Waals surface area contributed by atoms with Gasteiger partial charge >= 0.3 is 0 Å². The van der Waals surface area contributed by atoms with Crippen molar-refractivity contribution in [2.45, 2.75) is 13.0 Å². The van der Waals surface area contributed by atoms with Gasteiger partial charge in [0.1, 0.15) is 0 Å². The summed E-state index contributed by atoms with van der Waals surface area (Å²) in [5, 5.41) is 4.37. The van der Waals surface area contributed by atoms with Gasteiger partial charge in [0.2, 0.25) is 0 Å². The minimum Gasteiger partial charge on any atom is -0.337 e. The summed E-state index contributed by atoms with van der Waals surface area (Å²) in [6, 6.07) is 5.80. The van der Waals surface area contributed by atoms with Crippen molar-refractivity contribution >= 4 is 17.2 Å². The molecule has 0 aliphatic carbocycles. The van der Waals surface area contributed by atoms with Gasteiger partial charge in [-0.1, -0.05) is 0 Å². The second kappa shape index (κ2) is 5.48. The van der Waals surface area contributed by atoms with Crippen LogP contribution in [0.5, 0.6) is 0 Å². The number of amides is 1. The third-order valence-corrected chi connectivity index (χ3v) is 5.50. The number of hydrogen-bond donors (Lipinski definition) is 0. The molecule has 0 N–H and O–H groups in total. The summed E-state index contributed by atoms with van der Waals surface area (Å²) < 4.78 is 0. The highest BCUT2D eigenvalue weighted by atomic mass is 32.1. The Morgan fingerprint density at radius 1 is 1.23 bits per heavy atom. The number of pyridine rings is 1. The van der Waals surface area contributed by atoms with Crippen LogP contribution in [0, 0.1) is 5.41 Å². The average molecular weight is 313 g/mol. The maximum absolute atomic E-state index is 12.4. The minimum atomic E-state index is 0.143. The van der Waals surface area contributed by atoms with Crippen LogP contribution in [0.2, 0.25) is 0 Å². The molecular weight excluding hydrogens is 294 g/mol. The first-order valence-electron chi connectivity index (χ1n) is 7.67. The van der Waals surface area contributed by atoms with Gasteiger partial charge in [-0.05, 0) is 47.5 Å². The van der Waals surface area contributed by atoms with Gasteiger partial charge in [-0.25, -0.2) is 0 Å². The zero-order valence-electron chi connectivity index (χ0n) is 12.4. The molecule has 0 unspecified atom stereocenters. The number of aromatic nitrogens is 1. The lowest BCUT2D eigenvalue weighted by atomic mass is 9.78. The van der Waals surface area contributed by atoms with Crippen molar-refractivity contribution in [3.63, 3.8) is 0 Å². The Morgan fingerprint density at radius 3 is 2.77 bits per heavy atom. The Morgan fingerprint density at radius 2 is 2.05 bits per heavy atom. The molecule has 0 saturated carbocycles. The number of thiophene rings is 1. The molecule has 5 heteroatoms. The molecule has 0 atom stereocenters. The molecule has 0 radical (unpaired) electrons. The molecule has 2 aliphatic heterocycles. The molecule has 4 heterocycles. The van der Waals surface area contributed by atoms with E-state index in [4.69, 9.17) is 0 Å². The van der Waals surface area contributed by atoms with Crippen LogP contribution in [0.1, 0.15) is 22.3 Å². The fourth-order valence-corrected chi connectivity index (χ4v) is 4.31. The van der Waals surface area contributed by atoms with E-state index >= 15 is 0 Å². The molecule has 114 valence electrons. The molecule has 0 aromatic carbocycles. The van der Waals surface area contributed by atoms with E-state index < -0.39 is 0 Å². The van der Waals surface area contributed by atoms with Crippen molar-refractivity contribution in [2.75, 3.05) is 26.2 Å². The lowest BCUT2D eigenvalue weighted by Crippen LogP contribution is -2.59. The van der Waals surface area contributed by atoms with Crippen LogP contribution in [-0.2, 0) is 6.54 Å². The van der Waals surface area contributed by atoms with Gasteiger partial charge in [0.25, 0.3) is 5.91 Å². The quantitative estimate of drug-likeness (QED) is 0.873. The molecule has 2 saturated heterocycles. The number of carbonyl (C=O) groups is 1. The van der Waals surface area contributed by atoms with Crippen molar-refractivity contribution in [1.29, 1.82) is 0 Å². The van der Waals surface area contributed by atoms with E-state index in [0.717, 1.165) is 38.3 Å². The highest BCUT2D eigenvalue weighted by Crippen LogP contribution is 2.40. The Bertz CT molecular complexity index is 650. The summed E-state index contributed by atoms with van der Waals surface area (Å²) >= 11 is 1.76. The summed E-state index contributed by atoms with van der Waals surface area (Å²) in [7, 11) is 0. The van der Waals surface area contributed by atoms with Gasteiger partial charge in [-0.2, -0.15) is 11.3 Å². The predicted octanol–water partition coefficient (Wildman–Crippen LogP) is 2.49. The van der Waals surface area contributed by atoms with Crippen LogP contribution in [0.25, 0.3) is 0 Å². The van der Waals surface area contributed by atoms with Crippen molar-refractivity contribution in [1.82, 2.24) is 14.8 Å². The maximum atomic E-state index is 12.4. The zero-order valence-corrected chi connectivity index (χ0v) is 13.3. The number of carbonyl (C=O) groups excluding carboxylic acids is 1. The van der Waals surface area contributed by atoms with E-state index in [0.29, 0.717) is 5.41 Å². The first kappa shape index (κ1) is 13.9. The lowest BCUT2D eigenvalue weighted by molar-refractivity contribution is 0.0104. The standard InChI is InChI=1S/C17H19N3OS/c21-16(15-1-5-18-6-2-15)20-12-17(13-20)4-7-19(11-17)9-14-3-8-22-10-14/h1-3,5-6,8,10H,4,7,9,11-13H2. The number of rotatable bonds is 3. The Hall–Kier alpha value is -1.72. The minimum absolute atomic E-state index is 0.143. The van der Waals surface area contributed by atoms with Crippen LogP contribution >= 0.6 is 11.3 Å². The Kier molecular flexibility index (Phi) is 3.47. The summed E-state index contributed by atoms with van der Waals surface area (Å²) in [6.45, 7) is 5.10. The summed E-state index contributed by atoms with van der Waals surface area (Å²) in [5.41, 5.74) is 2.49. The van der Waals surface area contributed by atoms with Crippen LogP contribution < -0.4 is 0 Å². The van der Waals surface area contributed by atoms with Crippen molar-refractivity contribution in [2.24, 2.45) is 5.41 Å². The molecular formula is C17H19N3OS. The van der Waals surface area contributed by atoms with Gasteiger partial charge in [-0.3, -0.25) is 14.7 Å². The summed E-state index contributed by atoms with van der Waals surface area (Å²) in [5.74, 6) is 0.143. The first-order valence-corrected chi connectivity index (χ1v) is 8.61. The number of likely N-dealkylation sites (tertiary alicyclic amines) is 2. The molecule has 22 heavy (non-hydrogen) atoms. The van der Waals surface area contributed by atoms with Crippen molar-refractivity contribution in [3.05, 3.63) is 52.5 Å². The topological polar surface area (TPSA) is 36.4 Å². The smallest absolute Gasteiger partial charge is 0.254 e. The fraction of sp³-hybridized carbons (Fsp3) is 0.412. The Balaban J connectivity index is 1.34. The second-order valence-electron chi connectivity index (χ2n) is 6.49. The highest BCUT2D eigenvalue weighted by molar-refractivity contribution is 7.07. The molecule has 0 bridgehead atoms. The molecule has 2 aliphatic rings. The van der Waals surface area contributed by atoms with E-state index in [9.17, 15) is 4.79 Å². The van der Waals surface area contributed by atoms with E-state index in [1.165, 1.54) is 12.0 Å². The molecule has 1 spiro atoms. The third kappa shape index (κ3) is 2.55. The average Bonchev–Trinajstić information content (AvgIpc) is 3.16. The molecule has 4 rings (SSSR count). The number of nitrogens with zero attached hydrogens (tertiary/aromatic N) is 3. The van der Waals surface area contributed by atoms with Gasteiger partial charge in [0, 0.05) is 49.6 Å². The van der Waals surface area contributed by atoms with Crippen molar-refractivity contribution < 1.29 is 4.79 Å². The molecule has 4 nitrogen and oxygen atoms in total.